The lowest BCUT2D eigenvalue weighted by Gasteiger charge is -2.20. The second-order valence-electron chi connectivity index (χ2n) is 10.0. The molecular formula is C26H33N3O10S2. The predicted octanol–water partition coefficient (Wildman–Crippen LogP) is 3.25. The number of nitrogens with one attached hydrogen (secondary N) is 1. The molecule has 0 saturated carbocycles. The molecule has 0 aliphatic carbocycles. The van der Waals surface area contributed by atoms with E-state index in [0.29, 0.717) is 10.1 Å². The average molecular weight is 612 g/mol. The van der Waals surface area contributed by atoms with E-state index < -0.39 is 39.4 Å². The maximum Gasteiger partial charge on any atom is 0.414 e. The number of carbonyl (C=O) groups is 4. The van der Waals surface area contributed by atoms with Gasteiger partial charge in [0, 0.05) is 34.9 Å². The van der Waals surface area contributed by atoms with Crippen LogP contribution in [0.3, 0.4) is 0 Å². The van der Waals surface area contributed by atoms with Gasteiger partial charge in [0.15, 0.2) is 0 Å². The van der Waals surface area contributed by atoms with Gasteiger partial charge in [-0.05, 0) is 50.3 Å². The second-order valence-corrected chi connectivity index (χ2v) is 13.0. The highest BCUT2D eigenvalue weighted by molar-refractivity contribution is 7.91. The van der Waals surface area contributed by atoms with E-state index in [2.05, 4.69) is 23.6 Å². The quantitative estimate of drug-likeness (QED) is 0.245. The Hall–Kier alpha value is -4.08. The first kappa shape index (κ1) is 34.9. The van der Waals surface area contributed by atoms with Crippen LogP contribution >= 0.6 is 11.3 Å². The van der Waals surface area contributed by atoms with Crippen LogP contribution in [0.25, 0.3) is 11.1 Å². The molecule has 2 aromatic heterocycles. The van der Waals surface area contributed by atoms with Gasteiger partial charge in [0.2, 0.25) is 0 Å². The standard InChI is InChI=1S/C22H29N3O2S2.2C2H2O4/c1-16(2)12-19-13-20(21(28-19)29(26,27)24-22(3,4)5)18-8-6-17(7-9-18)14-25-11-10-23-15-25;2*3-1(4)2(5)6/h6-11,13,15-16,24H,12,14H2,1-5H3;2*(H,3,4)(H,5,6). The fourth-order valence-electron chi connectivity index (χ4n) is 3.16. The Balaban J connectivity index is 0.000000588. The van der Waals surface area contributed by atoms with Crippen molar-refractivity contribution in [1.29, 1.82) is 0 Å². The molecule has 41 heavy (non-hydrogen) atoms. The van der Waals surface area contributed by atoms with Crippen molar-refractivity contribution in [3.05, 3.63) is 59.5 Å². The summed E-state index contributed by atoms with van der Waals surface area (Å²) in [7, 11) is -3.61. The van der Waals surface area contributed by atoms with Gasteiger partial charge in [-0.2, -0.15) is 0 Å². The maximum absolute atomic E-state index is 13.1. The summed E-state index contributed by atoms with van der Waals surface area (Å²) < 4.78 is 31.4. The minimum absolute atomic E-state index is 0.394. The molecule has 0 spiro atoms. The normalized spacial score (nSPS) is 11.1. The fourth-order valence-corrected chi connectivity index (χ4v) is 6.53. The molecule has 1 aromatic carbocycles. The lowest BCUT2D eigenvalue weighted by molar-refractivity contribution is -0.159. The highest BCUT2D eigenvalue weighted by atomic mass is 32.2. The summed E-state index contributed by atoms with van der Waals surface area (Å²) in [6.07, 6.45) is 6.33. The molecule has 0 atom stereocenters. The number of hydrogen-bond donors (Lipinski definition) is 5. The minimum atomic E-state index is -3.61. The molecule has 13 nitrogen and oxygen atoms in total. The average Bonchev–Trinajstić information content (AvgIpc) is 3.49. The summed E-state index contributed by atoms with van der Waals surface area (Å²) in [6.45, 7) is 10.6. The lowest BCUT2D eigenvalue weighted by Crippen LogP contribution is -2.40. The molecule has 5 N–H and O–H groups in total. The molecule has 0 saturated heterocycles. The number of benzene rings is 1. The first-order valence-electron chi connectivity index (χ1n) is 12.0. The van der Waals surface area contributed by atoms with Crippen LogP contribution in [0.2, 0.25) is 0 Å². The minimum Gasteiger partial charge on any atom is -0.473 e. The lowest BCUT2D eigenvalue weighted by atomic mass is 10.0. The SMILES string of the molecule is CC(C)Cc1cc(-c2ccc(Cn3ccnc3)cc2)c(S(=O)(=O)NC(C)(C)C)s1.O=C(O)C(=O)O.O=C(O)C(=O)O. The van der Waals surface area contributed by atoms with E-state index in [1.165, 1.54) is 11.3 Å². The first-order valence-corrected chi connectivity index (χ1v) is 14.3. The summed E-state index contributed by atoms with van der Waals surface area (Å²) in [5, 5.41) is 29.6. The second kappa shape index (κ2) is 15.1. The van der Waals surface area contributed by atoms with Crippen molar-refractivity contribution in [3.63, 3.8) is 0 Å². The molecule has 0 bridgehead atoms. The fraction of sp³-hybridized carbons (Fsp3) is 0.346. The van der Waals surface area contributed by atoms with Crippen molar-refractivity contribution in [2.75, 3.05) is 0 Å². The van der Waals surface area contributed by atoms with Gasteiger partial charge in [-0.1, -0.05) is 38.1 Å². The number of sulfonamides is 1. The van der Waals surface area contributed by atoms with Crippen LogP contribution < -0.4 is 4.72 Å². The van der Waals surface area contributed by atoms with Gasteiger partial charge in [-0.3, -0.25) is 0 Å². The molecule has 0 unspecified atom stereocenters. The van der Waals surface area contributed by atoms with Gasteiger partial charge in [-0.25, -0.2) is 37.3 Å². The summed E-state index contributed by atoms with van der Waals surface area (Å²) in [4.78, 5) is 41.6. The summed E-state index contributed by atoms with van der Waals surface area (Å²) in [6, 6.07) is 10.1. The smallest absolute Gasteiger partial charge is 0.414 e. The van der Waals surface area contributed by atoms with Gasteiger partial charge >= 0.3 is 23.9 Å². The molecule has 0 aliphatic rings. The number of carboxylic acid groups (broad SMARTS) is 4. The zero-order valence-electron chi connectivity index (χ0n) is 23.1. The molecule has 0 radical (unpaired) electrons. The molecular weight excluding hydrogens is 578 g/mol. The van der Waals surface area contributed by atoms with Crippen LogP contribution in [0.5, 0.6) is 0 Å². The number of thiophene rings is 1. The highest BCUT2D eigenvalue weighted by Crippen LogP contribution is 2.37. The summed E-state index contributed by atoms with van der Waals surface area (Å²) in [5.74, 6) is -6.83. The van der Waals surface area contributed by atoms with Crippen molar-refractivity contribution in [3.8, 4) is 11.1 Å². The van der Waals surface area contributed by atoms with E-state index in [4.69, 9.17) is 39.6 Å². The van der Waals surface area contributed by atoms with Gasteiger partial charge in [0.05, 0.1) is 6.33 Å². The van der Waals surface area contributed by atoms with Gasteiger partial charge in [0.1, 0.15) is 4.21 Å². The Kier molecular flexibility index (Phi) is 12.8. The van der Waals surface area contributed by atoms with Crippen LogP contribution in [0, 0.1) is 5.92 Å². The number of hydrogen-bond acceptors (Lipinski definition) is 8. The Labute approximate surface area is 241 Å². The van der Waals surface area contributed by atoms with E-state index in [-0.39, 0.29) is 0 Å². The molecule has 3 rings (SSSR count). The molecule has 2 heterocycles. The summed E-state index contributed by atoms with van der Waals surface area (Å²) >= 11 is 1.38. The molecule has 3 aromatic rings. The van der Waals surface area contributed by atoms with Crippen LogP contribution in [-0.4, -0.2) is 67.8 Å². The van der Waals surface area contributed by atoms with Crippen molar-refractivity contribution < 1.29 is 48.0 Å². The highest BCUT2D eigenvalue weighted by Gasteiger charge is 2.27. The third kappa shape index (κ3) is 12.8. The summed E-state index contributed by atoms with van der Waals surface area (Å²) in [5.41, 5.74) is 2.30. The van der Waals surface area contributed by atoms with E-state index in [0.717, 1.165) is 34.5 Å². The molecule has 224 valence electrons. The third-order valence-corrected chi connectivity index (χ3v) is 8.05. The van der Waals surface area contributed by atoms with Gasteiger partial charge in [0.25, 0.3) is 10.0 Å². The van der Waals surface area contributed by atoms with Gasteiger partial charge in [-0.15, -0.1) is 11.3 Å². The largest absolute Gasteiger partial charge is 0.473 e. The third-order valence-electron chi connectivity index (χ3n) is 4.60. The molecule has 0 aliphatic heterocycles. The predicted molar refractivity (Wildman–Crippen MR) is 150 cm³/mol. The zero-order chi connectivity index (χ0) is 31.5. The Bertz CT molecular complexity index is 1390. The Morgan fingerprint density at radius 2 is 1.46 bits per heavy atom. The first-order chi connectivity index (χ1) is 18.8. The van der Waals surface area contributed by atoms with Crippen LogP contribution in [0.1, 0.15) is 45.1 Å². The van der Waals surface area contributed by atoms with Crippen LogP contribution in [0.4, 0.5) is 0 Å². The number of aromatic nitrogens is 2. The number of rotatable bonds is 7. The maximum atomic E-state index is 13.1. The van der Waals surface area contributed by atoms with E-state index in [9.17, 15) is 8.42 Å². The zero-order valence-corrected chi connectivity index (χ0v) is 24.7. The number of aliphatic carboxylic acids is 4. The van der Waals surface area contributed by atoms with Gasteiger partial charge < -0.3 is 25.0 Å². The van der Waals surface area contributed by atoms with Crippen LogP contribution in [0.15, 0.2) is 53.3 Å². The van der Waals surface area contributed by atoms with Crippen LogP contribution in [-0.2, 0) is 42.2 Å². The molecule has 15 heteroatoms. The van der Waals surface area contributed by atoms with Crippen molar-refractivity contribution in [1.82, 2.24) is 14.3 Å². The number of imidazole rings is 1. The molecule has 0 amide bonds. The van der Waals surface area contributed by atoms with Crippen molar-refractivity contribution in [2.45, 2.75) is 57.3 Å². The number of carboxylic acids is 4. The number of nitrogens with zero attached hydrogens (tertiary/aromatic N) is 2. The molecule has 0 fully saturated rings. The topological polar surface area (TPSA) is 213 Å². The Morgan fingerprint density at radius 1 is 0.951 bits per heavy atom. The van der Waals surface area contributed by atoms with E-state index in [1.807, 2.05) is 61.9 Å². The van der Waals surface area contributed by atoms with Crippen molar-refractivity contribution >= 4 is 45.2 Å². The Morgan fingerprint density at radius 3 is 1.85 bits per heavy atom. The van der Waals surface area contributed by atoms with Crippen molar-refractivity contribution in [2.24, 2.45) is 5.92 Å². The van der Waals surface area contributed by atoms with E-state index in [1.54, 1.807) is 12.5 Å². The van der Waals surface area contributed by atoms with E-state index >= 15 is 0 Å². The monoisotopic (exact) mass is 611 g/mol.